The van der Waals surface area contributed by atoms with Gasteiger partial charge in [0.1, 0.15) is 5.65 Å². The first-order valence-corrected chi connectivity index (χ1v) is 8.01. The lowest BCUT2D eigenvalue weighted by Gasteiger charge is -2.35. The van der Waals surface area contributed by atoms with Crippen molar-refractivity contribution in [2.45, 2.75) is 25.9 Å². The second-order valence-electron chi connectivity index (χ2n) is 6.90. The lowest BCUT2D eigenvalue weighted by molar-refractivity contribution is 0.130. The molecule has 2 aromatic rings. The van der Waals surface area contributed by atoms with Crippen LogP contribution in [0.15, 0.2) is 24.5 Å². The van der Waals surface area contributed by atoms with Crippen molar-refractivity contribution in [3.63, 3.8) is 0 Å². The average Bonchev–Trinajstić information content (AvgIpc) is 3.07. The maximum atomic E-state index is 6.04. The maximum absolute atomic E-state index is 6.04. The van der Waals surface area contributed by atoms with Gasteiger partial charge in [0.25, 0.3) is 0 Å². The summed E-state index contributed by atoms with van der Waals surface area (Å²) in [5, 5.41) is 4.27. The quantitative estimate of drug-likeness (QED) is 0.925. The molecule has 0 spiro atoms. The molecule has 0 aliphatic carbocycles. The van der Waals surface area contributed by atoms with E-state index in [2.05, 4.69) is 30.3 Å². The molecule has 0 aromatic carbocycles. The Morgan fingerprint density at radius 2 is 2.19 bits per heavy atom. The summed E-state index contributed by atoms with van der Waals surface area (Å²) in [5.41, 5.74) is 2.33. The molecule has 0 bridgehead atoms. The molecule has 2 atom stereocenters. The number of rotatable bonds is 2. The van der Waals surface area contributed by atoms with Crippen LogP contribution < -0.4 is 5.32 Å². The molecule has 5 heteroatoms. The molecule has 2 saturated heterocycles. The van der Waals surface area contributed by atoms with Gasteiger partial charge in [-0.2, -0.15) is 0 Å². The smallest absolute Gasteiger partial charge is 0.137 e. The summed E-state index contributed by atoms with van der Waals surface area (Å²) in [6, 6.07) is 3.86. The Balaban J connectivity index is 1.60. The molecular weight excluding hydrogens is 284 g/mol. The summed E-state index contributed by atoms with van der Waals surface area (Å²) in [4.78, 5) is 7.31. The van der Waals surface area contributed by atoms with Gasteiger partial charge in [-0.25, -0.2) is 4.98 Å². The fourth-order valence-electron chi connectivity index (χ4n) is 4.06. The Kier molecular flexibility index (Phi) is 3.03. The molecule has 0 amide bonds. The van der Waals surface area contributed by atoms with Crippen LogP contribution >= 0.6 is 11.6 Å². The third kappa shape index (κ3) is 2.17. The molecular formula is C16H21ClN4. The van der Waals surface area contributed by atoms with Crippen LogP contribution in [0.4, 0.5) is 0 Å². The van der Waals surface area contributed by atoms with E-state index in [-0.39, 0.29) is 5.54 Å². The zero-order chi connectivity index (χ0) is 14.6. The Morgan fingerprint density at radius 3 is 3.00 bits per heavy atom. The van der Waals surface area contributed by atoms with Gasteiger partial charge in [-0.3, -0.25) is 4.90 Å². The van der Waals surface area contributed by atoms with Gasteiger partial charge in [0, 0.05) is 37.6 Å². The van der Waals surface area contributed by atoms with E-state index < -0.39 is 0 Å². The van der Waals surface area contributed by atoms with Crippen molar-refractivity contribution in [2.24, 2.45) is 11.8 Å². The Labute approximate surface area is 130 Å². The van der Waals surface area contributed by atoms with Crippen LogP contribution in [0.2, 0.25) is 5.02 Å². The van der Waals surface area contributed by atoms with E-state index in [1.807, 2.05) is 22.7 Å². The van der Waals surface area contributed by atoms with Crippen LogP contribution in [-0.2, 0) is 6.54 Å². The first-order valence-electron chi connectivity index (χ1n) is 7.63. The Morgan fingerprint density at radius 1 is 1.33 bits per heavy atom. The molecule has 1 N–H and O–H groups in total. The third-order valence-electron chi connectivity index (χ3n) is 5.33. The van der Waals surface area contributed by atoms with E-state index in [1.165, 1.54) is 6.54 Å². The van der Waals surface area contributed by atoms with E-state index in [0.29, 0.717) is 0 Å². The maximum Gasteiger partial charge on any atom is 0.137 e. The molecule has 2 fully saturated rings. The third-order valence-corrected chi connectivity index (χ3v) is 5.56. The van der Waals surface area contributed by atoms with E-state index in [4.69, 9.17) is 16.6 Å². The molecule has 2 aliphatic rings. The fraction of sp³-hybridized carbons (Fsp3) is 0.562. The first-order chi connectivity index (χ1) is 10.0. The van der Waals surface area contributed by atoms with Crippen molar-refractivity contribution < 1.29 is 0 Å². The number of imidazole rings is 1. The molecule has 2 unspecified atom stereocenters. The lowest BCUT2D eigenvalue weighted by atomic mass is 9.85. The summed E-state index contributed by atoms with van der Waals surface area (Å²) >= 11 is 6.04. The van der Waals surface area contributed by atoms with E-state index in [9.17, 15) is 0 Å². The van der Waals surface area contributed by atoms with Gasteiger partial charge >= 0.3 is 0 Å². The summed E-state index contributed by atoms with van der Waals surface area (Å²) in [5.74, 6) is 1.54. The van der Waals surface area contributed by atoms with Gasteiger partial charge < -0.3 is 9.72 Å². The van der Waals surface area contributed by atoms with Crippen LogP contribution in [0.5, 0.6) is 0 Å². The molecule has 0 saturated carbocycles. The van der Waals surface area contributed by atoms with Crippen LogP contribution in [0, 0.1) is 11.8 Å². The number of fused-ring (bicyclic) bond motifs is 2. The van der Waals surface area contributed by atoms with Crippen molar-refractivity contribution in [1.29, 1.82) is 0 Å². The number of hydrogen-bond donors (Lipinski definition) is 1. The Hall–Kier alpha value is -1.10. The molecule has 0 radical (unpaired) electrons. The standard InChI is InChI=1S/C16H21ClN4/c1-16(2)14-6-18-5-11(14)7-21(16)10-13-9-20-8-12(17)3-4-15(20)19-13/h3-4,8-9,11,14,18H,5-7,10H2,1-2H3. The predicted molar refractivity (Wildman–Crippen MR) is 84.5 cm³/mol. The van der Waals surface area contributed by atoms with Crippen molar-refractivity contribution >= 4 is 17.2 Å². The van der Waals surface area contributed by atoms with E-state index in [0.717, 1.165) is 47.8 Å². The zero-order valence-electron chi connectivity index (χ0n) is 12.5. The normalized spacial score (nSPS) is 28.3. The average molecular weight is 305 g/mol. The van der Waals surface area contributed by atoms with Gasteiger partial charge in [0.15, 0.2) is 0 Å². The van der Waals surface area contributed by atoms with E-state index >= 15 is 0 Å². The highest BCUT2D eigenvalue weighted by molar-refractivity contribution is 6.30. The van der Waals surface area contributed by atoms with Crippen molar-refractivity contribution in [1.82, 2.24) is 19.6 Å². The topological polar surface area (TPSA) is 32.6 Å². The van der Waals surface area contributed by atoms with Gasteiger partial charge in [-0.15, -0.1) is 0 Å². The van der Waals surface area contributed by atoms with Gasteiger partial charge in [-0.1, -0.05) is 11.6 Å². The number of pyridine rings is 1. The van der Waals surface area contributed by atoms with Crippen molar-refractivity contribution in [3.05, 3.63) is 35.2 Å². The van der Waals surface area contributed by atoms with Crippen molar-refractivity contribution in [3.8, 4) is 0 Å². The van der Waals surface area contributed by atoms with Crippen molar-refractivity contribution in [2.75, 3.05) is 19.6 Å². The number of nitrogens with zero attached hydrogens (tertiary/aromatic N) is 3. The number of halogens is 1. The summed E-state index contributed by atoms with van der Waals surface area (Å²) < 4.78 is 2.02. The molecule has 21 heavy (non-hydrogen) atoms. The highest BCUT2D eigenvalue weighted by Gasteiger charge is 2.49. The lowest BCUT2D eigenvalue weighted by Crippen LogP contribution is -2.43. The molecule has 112 valence electrons. The van der Waals surface area contributed by atoms with Crippen LogP contribution in [0.1, 0.15) is 19.5 Å². The molecule has 2 aliphatic heterocycles. The number of likely N-dealkylation sites (tertiary alicyclic amines) is 1. The SMILES string of the molecule is CC1(C)C2CNCC2CN1Cc1cn2cc(Cl)ccc2n1. The number of hydrogen-bond acceptors (Lipinski definition) is 3. The molecule has 2 aromatic heterocycles. The molecule has 4 heterocycles. The van der Waals surface area contributed by atoms with Gasteiger partial charge in [0.2, 0.25) is 0 Å². The summed E-state index contributed by atoms with van der Waals surface area (Å²) in [6.45, 7) is 9.13. The number of nitrogens with one attached hydrogen (secondary N) is 1. The fourth-order valence-corrected chi connectivity index (χ4v) is 4.23. The minimum absolute atomic E-state index is 0.238. The monoisotopic (exact) mass is 304 g/mol. The second-order valence-corrected chi connectivity index (χ2v) is 7.34. The summed E-state index contributed by atoms with van der Waals surface area (Å²) in [6.07, 6.45) is 4.02. The number of aromatic nitrogens is 2. The Bertz CT molecular complexity index is 678. The second kappa shape index (κ2) is 4.70. The van der Waals surface area contributed by atoms with Crippen LogP contribution in [0.3, 0.4) is 0 Å². The molecule has 4 nitrogen and oxygen atoms in total. The van der Waals surface area contributed by atoms with Gasteiger partial charge in [-0.05, 0) is 44.4 Å². The van der Waals surface area contributed by atoms with Crippen LogP contribution in [0.25, 0.3) is 5.65 Å². The molecule has 4 rings (SSSR count). The predicted octanol–water partition coefficient (Wildman–Crippen LogP) is 2.42. The highest BCUT2D eigenvalue weighted by atomic mass is 35.5. The minimum atomic E-state index is 0.238. The van der Waals surface area contributed by atoms with E-state index in [1.54, 1.807) is 0 Å². The first kappa shape index (κ1) is 13.6. The van der Waals surface area contributed by atoms with Gasteiger partial charge in [0.05, 0.1) is 10.7 Å². The zero-order valence-corrected chi connectivity index (χ0v) is 13.3. The minimum Gasteiger partial charge on any atom is -0.316 e. The highest BCUT2D eigenvalue weighted by Crippen LogP contribution is 2.41. The largest absolute Gasteiger partial charge is 0.316 e. The summed E-state index contributed by atoms with van der Waals surface area (Å²) in [7, 11) is 0. The van der Waals surface area contributed by atoms with Crippen LogP contribution in [-0.4, -0.2) is 39.5 Å².